The Kier molecular flexibility index (Phi) is 4.00. The molecule has 2 unspecified atom stereocenters. The van der Waals surface area contributed by atoms with Crippen molar-refractivity contribution in [2.45, 2.75) is 39.7 Å². The van der Waals surface area contributed by atoms with Crippen LogP contribution < -0.4 is 15.4 Å². The van der Waals surface area contributed by atoms with Gasteiger partial charge in [-0.3, -0.25) is 0 Å². The molecule has 0 bridgehead atoms. The van der Waals surface area contributed by atoms with Crippen LogP contribution in [0.4, 0.5) is 11.4 Å². The van der Waals surface area contributed by atoms with E-state index in [4.69, 9.17) is 10.5 Å². The summed E-state index contributed by atoms with van der Waals surface area (Å²) < 4.78 is 5.58. The monoisotopic (exact) mass is 248 g/mol. The molecule has 1 saturated heterocycles. The van der Waals surface area contributed by atoms with Crippen LogP contribution in [0.3, 0.4) is 0 Å². The molecule has 1 aromatic carbocycles. The third-order valence-electron chi connectivity index (χ3n) is 3.77. The van der Waals surface area contributed by atoms with Crippen molar-refractivity contribution in [3.05, 3.63) is 18.2 Å². The summed E-state index contributed by atoms with van der Waals surface area (Å²) >= 11 is 0. The molecule has 0 spiro atoms. The third kappa shape index (κ3) is 2.55. The molecular weight excluding hydrogens is 224 g/mol. The minimum atomic E-state index is 0.556. The van der Waals surface area contributed by atoms with Gasteiger partial charge in [-0.2, -0.15) is 0 Å². The van der Waals surface area contributed by atoms with Gasteiger partial charge in [-0.05, 0) is 44.7 Å². The van der Waals surface area contributed by atoms with Crippen molar-refractivity contribution in [2.75, 3.05) is 23.8 Å². The molecule has 0 radical (unpaired) electrons. The molecule has 3 nitrogen and oxygen atoms in total. The van der Waals surface area contributed by atoms with Gasteiger partial charge in [0.05, 0.1) is 18.0 Å². The second-order valence-electron chi connectivity index (χ2n) is 5.31. The number of hydrogen-bond acceptors (Lipinski definition) is 3. The van der Waals surface area contributed by atoms with E-state index in [2.05, 4.69) is 24.8 Å². The zero-order valence-electron chi connectivity index (χ0n) is 11.6. The molecule has 1 aliphatic heterocycles. The summed E-state index contributed by atoms with van der Waals surface area (Å²) in [6, 6.07) is 6.63. The Balaban J connectivity index is 2.28. The van der Waals surface area contributed by atoms with Crippen LogP contribution in [0.1, 0.15) is 33.6 Å². The number of rotatable bonds is 3. The van der Waals surface area contributed by atoms with Crippen LogP contribution in [0, 0.1) is 5.92 Å². The minimum absolute atomic E-state index is 0.556. The van der Waals surface area contributed by atoms with Gasteiger partial charge in [0.15, 0.2) is 0 Å². The van der Waals surface area contributed by atoms with Crippen LogP contribution >= 0.6 is 0 Å². The van der Waals surface area contributed by atoms with E-state index in [1.807, 2.05) is 19.1 Å². The number of para-hydroxylation sites is 1. The maximum atomic E-state index is 6.24. The number of ether oxygens (including phenoxy) is 1. The molecule has 18 heavy (non-hydrogen) atoms. The van der Waals surface area contributed by atoms with E-state index >= 15 is 0 Å². The Morgan fingerprint density at radius 1 is 1.33 bits per heavy atom. The molecule has 0 saturated carbocycles. The highest BCUT2D eigenvalue weighted by molar-refractivity contribution is 5.74. The van der Waals surface area contributed by atoms with E-state index < -0.39 is 0 Å². The molecule has 2 rings (SSSR count). The molecule has 1 aromatic rings. The highest BCUT2D eigenvalue weighted by atomic mass is 16.5. The lowest BCUT2D eigenvalue weighted by Crippen LogP contribution is -2.41. The van der Waals surface area contributed by atoms with Crippen molar-refractivity contribution in [2.24, 2.45) is 5.92 Å². The van der Waals surface area contributed by atoms with Gasteiger partial charge >= 0.3 is 0 Å². The highest BCUT2D eigenvalue weighted by Gasteiger charge is 2.25. The van der Waals surface area contributed by atoms with Crippen LogP contribution in [0.5, 0.6) is 5.75 Å². The smallest absolute Gasteiger partial charge is 0.144 e. The summed E-state index contributed by atoms with van der Waals surface area (Å²) in [4.78, 5) is 2.42. The Hall–Kier alpha value is -1.38. The normalized spacial score (nSPS) is 24.1. The lowest BCUT2D eigenvalue weighted by Gasteiger charge is -2.39. The van der Waals surface area contributed by atoms with Gasteiger partial charge in [-0.15, -0.1) is 0 Å². The van der Waals surface area contributed by atoms with Crippen molar-refractivity contribution in [3.8, 4) is 5.75 Å². The van der Waals surface area contributed by atoms with Crippen molar-refractivity contribution in [1.29, 1.82) is 0 Å². The molecule has 1 aliphatic rings. The molecule has 0 amide bonds. The Labute approximate surface area is 110 Å². The molecule has 1 fully saturated rings. The van der Waals surface area contributed by atoms with Crippen molar-refractivity contribution in [3.63, 3.8) is 0 Å². The van der Waals surface area contributed by atoms with Gasteiger partial charge in [0.25, 0.3) is 0 Å². The van der Waals surface area contributed by atoms with Crippen LogP contribution in [0.25, 0.3) is 0 Å². The summed E-state index contributed by atoms with van der Waals surface area (Å²) in [5.41, 5.74) is 8.14. The van der Waals surface area contributed by atoms with Gasteiger partial charge in [0.1, 0.15) is 5.75 Å². The van der Waals surface area contributed by atoms with E-state index in [0.717, 1.165) is 29.6 Å². The molecule has 1 heterocycles. The van der Waals surface area contributed by atoms with Gasteiger partial charge < -0.3 is 15.4 Å². The fourth-order valence-corrected chi connectivity index (χ4v) is 2.69. The number of nitrogen functional groups attached to an aromatic ring is 1. The molecule has 100 valence electrons. The predicted molar refractivity (Wildman–Crippen MR) is 77.2 cm³/mol. The van der Waals surface area contributed by atoms with E-state index in [1.165, 1.54) is 12.8 Å². The predicted octanol–water partition coefficient (Wildman–Crippen LogP) is 3.29. The Morgan fingerprint density at radius 3 is 2.83 bits per heavy atom. The first kappa shape index (κ1) is 13.1. The number of anilines is 2. The maximum absolute atomic E-state index is 6.24. The molecule has 2 atom stereocenters. The summed E-state index contributed by atoms with van der Waals surface area (Å²) in [5.74, 6) is 1.54. The third-order valence-corrected chi connectivity index (χ3v) is 3.77. The van der Waals surface area contributed by atoms with Gasteiger partial charge in [-0.25, -0.2) is 0 Å². The quantitative estimate of drug-likeness (QED) is 0.834. The van der Waals surface area contributed by atoms with Gasteiger partial charge in [-0.1, -0.05) is 13.0 Å². The van der Waals surface area contributed by atoms with E-state index in [0.29, 0.717) is 12.6 Å². The van der Waals surface area contributed by atoms with E-state index in [1.54, 1.807) is 0 Å². The summed E-state index contributed by atoms with van der Waals surface area (Å²) in [5, 5.41) is 0. The van der Waals surface area contributed by atoms with Crippen molar-refractivity contribution < 1.29 is 4.74 Å². The first-order valence-electron chi connectivity index (χ1n) is 6.91. The number of piperidine rings is 1. The lowest BCUT2D eigenvalue weighted by molar-refractivity contribution is 0.341. The number of nitrogens with zero attached hydrogens (tertiary/aromatic N) is 1. The number of benzene rings is 1. The van der Waals surface area contributed by atoms with Crippen molar-refractivity contribution >= 4 is 11.4 Å². The first-order chi connectivity index (χ1) is 8.63. The van der Waals surface area contributed by atoms with Crippen LogP contribution in [-0.2, 0) is 0 Å². The second-order valence-corrected chi connectivity index (χ2v) is 5.31. The topological polar surface area (TPSA) is 38.5 Å². The maximum Gasteiger partial charge on any atom is 0.144 e. The molecule has 0 aliphatic carbocycles. The summed E-state index contributed by atoms with van der Waals surface area (Å²) in [6.07, 6.45) is 2.54. The second kappa shape index (κ2) is 5.51. The SMILES string of the molecule is CCOc1cccc(N2CC(C)CCC2C)c1N. The minimum Gasteiger partial charge on any atom is -0.492 e. The van der Waals surface area contributed by atoms with Crippen LogP contribution in [-0.4, -0.2) is 19.2 Å². The van der Waals surface area contributed by atoms with Crippen molar-refractivity contribution in [1.82, 2.24) is 0 Å². The largest absolute Gasteiger partial charge is 0.492 e. The number of nitrogens with two attached hydrogens (primary N) is 1. The van der Waals surface area contributed by atoms with Crippen LogP contribution in [0.2, 0.25) is 0 Å². The van der Waals surface area contributed by atoms with E-state index in [9.17, 15) is 0 Å². The van der Waals surface area contributed by atoms with E-state index in [-0.39, 0.29) is 0 Å². The Morgan fingerprint density at radius 2 is 2.11 bits per heavy atom. The fourth-order valence-electron chi connectivity index (χ4n) is 2.69. The lowest BCUT2D eigenvalue weighted by atomic mass is 9.94. The summed E-state index contributed by atoms with van der Waals surface area (Å²) in [6.45, 7) is 8.30. The first-order valence-corrected chi connectivity index (χ1v) is 6.91. The average Bonchev–Trinajstić information content (AvgIpc) is 2.35. The molecule has 0 aromatic heterocycles. The van der Waals surface area contributed by atoms with Gasteiger partial charge in [0.2, 0.25) is 0 Å². The average molecular weight is 248 g/mol. The highest BCUT2D eigenvalue weighted by Crippen LogP contribution is 2.36. The van der Waals surface area contributed by atoms with Crippen LogP contribution in [0.15, 0.2) is 18.2 Å². The number of hydrogen-bond donors (Lipinski definition) is 1. The fraction of sp³-hybridized carbons (Fsp3) is 0.600. The molecular formula is C15H24N2O. The molecule has 2 N–H and O–H groups in total. The van der Waals surface area contributed by atoms with Gasteiger partial charge in [0, 0.05) is 12.6 Å². The standard InChI is InChI=1S/C15H24N2O/c1-4-18-14-7-5-6-13(15(14)16)17-10-11(2)8-9-12(17)3/h5-7,11-12H,4,8-10,16H2,1-3H3. The Bertz CT molecular complexity index is 405. The zero-order valence-corrected chi connectivity index (χ0v) is 11.6. The molecule has 3 heteroatoms. The zero-order chi connectivity index (χ0) is 13.1. The summed E-state index contributed by atoms with van der Waals surface area (Å²) in [7, 11) is 0.